The monoisotopic (exact) mass is 403 g/mol. The number of hydrogen-bond donors (Lipinski definition) is 2. The van der Waals surface area contributed by atoms with Crippen LogP contribution in [0.1, 0.15) is 25.3 Å². The van der Waals surface area contributed by atoms with Crippen molar-refractivity contribution in [3.8, 4) is 0 Å². The molecule has 152 valence electrons. The van der Waals surface area contributed by atoms with Crippen LogP contribution < -0.4 is 15.5 Å². The number of carbonyl (C=O) groups is 1. The van der Waals surface area contributed by atoms with E-state index in [0.717, 1.165) is 30.9 Å². The molecule has 0 radical (unpaired) electrons. The Hall–Kier alpha value is -2.08. The topological polar surface area (TPSA) is 53.6 Å². The van der Waals surface area contributed by atoms with E-state index in [4.69, 9.17) is 4.74 Å². The van der Waals surface area contributed by atoms with Gasteiger partial charge in [-0.05, 0) is 62.7 Å². The van der Waals surface area contributed by atoms with E-state index in [9.17, 15) is 4.79 Å². The van der Waals surface area contributed by atoms with Crippen LogP contribution in [-0.2, 0) is 16.1 Å². The first-order valence-electron chi connectivity index (χ1n) is 9.64. The van der Waals surface area contributed by atoms with E-state index in [2.05, 4.69) is 58.9 Å². The number of carbonyl (C=O) groups excluding carboxylic acids is 1. The van der Waals surface area contributed by atoms with E-state index in [1.54, 1.807) is 7.11 Å². The molecule has 5 nitrogen and oxygen atoms in total. The Labute approximate surface area is 173 Å². The van der Waals surface area contributed by atoms with Crippen molar-refractivity contribution in [2.24, 2.45) is 0 Å². The summed E-state index contributed by atoms with van der Waals surface area (Å²) in [5, 5.41) is 6.32. The average molecular weight is 404 g/mol. The number of benzene rings is 2. The molecule has 2 N–H and O–H groups in total. The highest BCUT2D eigenvalue weighted by Gasteiger charge is 2.39. The van der Waals surface area contributed by atoms with Gasteiger partial charge in [-0.1, -0.05) is 30.3 Å². The Bertz CT molecular complexity index is 731. The van der Waals surface area contributed by atoms with Crippen LogP contribution in [0.4, 0.5) is 11.4 Å². The molecule has 2 aromatic rings. The van der Waals surface area contributed by atoms with E-state index in [1.807, 2.05) is 18.2 Å². The molecule has 1 aliphatic rings. The van der Waals surface area contributed by atoms with Gasteiger partial charge in [0.1, 0.15) is 5.60 Å². The Morgan fingerprint density at radius 3 is 2.25 bits per heavy atom. The molecular weight excluding hydrogens is 374 g/mol. The van der Waals surface area contributed by atoms with Gasteiger partial charge in [0.25, 0.3) is 5.91 Å². The number of ether oxygens (including phenoxy) is 1. The number of methoxy groups -OCH3 is 1. The van der Waals surface area contributed by atoms with Gasteiger partial charge >= 0.3 is 0 Å². The summed E-state index contributed by atoms with van der Waals surface area (Å²) < 4.78 is 5.58. The first kappa shape index (κ1) is 22.2. The van der Waals surface area contributed by atoms with Crippen molar-refractivity contribution >= 4 is 29.7 Å². The highest BCUT2D eigenvalue weighted by molar-refractivity contribution is 5.85. The van der Waals surface area contributed by atoms with Gasteiger partial charge in [-0.3, -0.25) is 4.79 Å². The number of para-hydroxylation sites is 1. The lowest BCUT2D eigenvalue weighted by Crippen LogP contribution is -2.53. The second kappa shape index (κ2) is 10.5. The number of nitrogens with one attached hydrogen (secondary N) is 2. The number of halogens is 1. The molecule has 0 atom stereocenters. The quantitative estimate of drug-likeness (QED) is 0.740. The number of anilines is 2. The van der Waals surface area contributed by atoms with Crippen LogP contribution in [0.5, 0.6) is 0 Å². The number of nitrogens with zero attached hydrogens (tertiary/aromatic N) is 1. The van der Waals surface area contributed by atoms with Crippen molar-refractivity contribution in [3.63, 3.8) is 0 Å². The van der Waals surface area contributed by atoms with Crippen LogP contribution >= 0.6 is 12.4 Å². The minimum Gasteiger partial charge on any atom is -0.368 e. The fourth-order valence-corrected chi connectivity index (χ4v) is 3.61. The molecule has 1 heterocycles. The lowest BCUT2D eigenvalue weighted by Gasteiger charge is -2.34. The Kier molecular flexibility index (Phi) is 8.30. The van der Waals surface area contributed by atoms with Crippen molar-refractivity contribution in [2.45, 2.75) is 31.9 Å². The van der Waals surface area contributed by atoms with Gasteiger partial charge in [0.05, 0.1) is 0 Å². The van der Waals surface area contributed by atoms with E-state index in [1.165, 1.54) is 5.69 Å². The second-order valence-corrected chi connectivity index (χ2v) is 6.88. The van der Waals surface area contributed by atoms with Gasteiger partial charge in [-0.15, -0.1) is 12.4 Å². The van der Waals surface area contributed by atoms with Gasteiger partial charge in [-0.2, -0.15) is 0 Å². The van der Waals surface area contributed by atoms with Crippen LogP contribution in [0, 0.1) is 0 Å². The third-order valence-corrected chi connectivity index (χ3v) is 5.30. The highest BCUT2D eigenvalue weighted by atomic mass is 35.5. The molecule has 28 heavy (non-hydrogen) atoms. The lowest BCUT2D eigenvalue weighted by molar-refractivity contribution is -0.146. The van der Waals surface area contributed by atoms with Crippen LogP contribution in [0.3, 0.4) is 0 Å². The molecule has 0 unspecified atom stereocenters. The second-order valence-electron chi connectivity index (χ2n) is 6.88. The standard InChI is InChI=1S/C22H29N3O2.ClH/c1-3-25(19-7-5-4-6-8-19)20-11-9-18(10-12-20)17-24-21(26)22(27-2)13-15-23-16-14-22;/h4-12,23H,3,13-17H2,1-2H3,(H,24,26);1H. The smallest absolute Gasteiger partial charge is 0.252 e. The molecule has 1 saturated heterocycles. The summed E-state index contributed by atoms with van der Waals surface area (Å²) in [7, 11) is 1.63. The predicted octanol–water partition coefficient (Wildman–Crippen LogP) is 3.65. The summed E-state index contributed by atoms with van der Waals surface area (Å²) in [6.07, 6.45) is 1.41. The first-order chi connectivity index (χ1) is 13.2. The summed E-state index contributed by atoms with van der Waals surface area (Å²) in [4.78, 5) is 14.9. The maximum atomic E-state index is 12.7. The molecule has 0 aromatic heterocycles. The Balaban J connectivity index is 0.00000280. The minimum absolute atomic E-state index is 0. The Morgan fingerprint density at radius 1 is 1.07 bits per heavy atom. The molecule has 1 amide bonds. The molecule has 0 aliphatic carbocycles. The fourth-order valence-electron chi connectivity index (χ4n) is 3.61. The van der Waals surface area contributed by atoms with E-state index in [-0.39, 0.29) is 18.3 Å². The van der Waals surface area contributed by atoms with Crippen LogP contribution in [0.25, 0.3) is 0 Å². The van der Waals surface area contributed by atoms with Gasteiger partial charge in [0.15, 0.2) is 0 Å². The molecule has 6 heteroatoms. The molecule has 3 rings (SSSR count). The minimum atomic E-state index is -0.697. The van der Waals surface area contributed by atoms with Crippen molar-refractivity contribution in [1.82, 2.24) is 10.6 Å². The first-order valence-corrected chi connectivity index (χ1v) is 9.64. The number of piperidine rings is 1. The van der Waals surface area contributed by atoms with E-state index >= 15 is 0 Å². The fraction of sp³-hybridized carbons (Fsp3) is 0.409. The Morgan fingerprint density at radius 2 is 1.68 bits per heavy atom. The van der Waals surface area contributed by atoms with Gasteiger partial charge in [0, 0.05) is 31.6 Å². The molecule has 1 fully saturated rings. The maximum absolute atomic E-state index is 12.7. The summed E-state index contributed by atoms with van der Waals surface area (Å²) in [6, 6.07) is 18.7. The molecule has 0 spiro atoms. The largest absolute Gasteiger partial charge is 0.368 e. The lowest BCUT2D eigenvalue weighted by atomic mass is 9.91. The summed E-state index contributed by atoms with van der Waals surface area (Å²) in [5.74, 6) is -0.0185. The maximum Gasteiger partial charge on any atom is 0.252 e. The van der Waals surface area contributed by atoms with Crippen LogP contribution in [0.15, 0.2) is 54.6 Å². The molecular formula is C22H30ClN3O2. The third kappa shape index (κ3) is 5.04. The highest BCUT2D eigenvalue weighted by Crippen LogP contribution is 2.25. The van der Waals surface area contributed by atoms with Crippen molar-refractivity contribution in [3.05, 3.63) is 60.2 Å². The summed E-state index contributed by atoms with van der Waals surface area (Å²) in [6.45, 7) is 5.16. The molecule has 2 aromatic carbocycles. The SMILES string of the molecule is CCN(c1ccccc1)c1ccc(CNC(=O)C2(OC)CCNCC2)cc1.Cl. The molecule has 0 bridgehead atoms. The number of amides is 1. The molecule has 1 aliphatic heterocycles. The van der Waals surface area contributed by atoms with Gasteiger partial charge in [-0.25, -0.2) is 0 Å². The van der Waals surface area contributed by atoms with Crippen molar-refractivity contribution in [1.29, 1.82) is 0 Å². The van der Waals surface area contributed by atoms with E-state index < -0.39 is 5.60 Å². The van der Waals surface area contributed by atoms with E-state index in [0.29, 0.717) is 19.4 Å². The predicted molar refractivity (Wildman–Crippen MR) is 117 cm³/mol. The van der Waals surface area contributed by atoms with Crippen molar-refractivity contribution < 1.29 is 9.53 Å². The van der Waals surface area contributed by atoms with Gasteiger partial charge < -0.3 is 20.3 Å². The third-order valence-electron chi connectivity index (χ3n) is 5.30. The number of hydrogen-bond acceptors (Lipinski definition) is 4. The van der Waals surface area contributed by atoms with Gasteiger partial charge in [0.2, 0.25) is 0 Å². The molecule has 0 saturated carbocycles. The van der Waals surface area contributed by atoms with Crippen LogP contribution in [-0.4, -0.2) is 38.3 Å². The summed E-state index contributed by atoms with van der Waals surface area (Å²) >= 11 is 0. The van der Waals surface area contributed by atoms with Crippen molar-refractivity contribution in [2.75, 3.05) is 31.6 Å². The normalized spacial score (nSPS) is 15.4. The zero-order valence-electron chi connectivity index (χ0n) is 16.6. The number of rotatable bonds is 7. The zero-order chi connectivity index (χ0) is 19.1. The van der Waals surface area contributed by atoms with Crippen LogP contribution in [0.2, 0.25) is 0 Å². The zero-order valence-corrected chi connectivity index (χ0v) is 17.4. The summed E-state index contributed by atoms with van der Waals surface area (Å²) in [5.41, 5.74) is 2.70. The average Bonchev–Trinajstić information content (AvgIpc) is 2.74.